The highest BCUT2D eigenvalue weighted by Gasteiger charge is 2.36. The lowest BCUT2D eigenvalue weighted by Crippen LogP contribution is -2.33. The van der Waals surface area contributed by atoms with E-state index in [0.717, 1.165) is 23.3 Å². The van der Waals surface area contributed by atoms with Gasteiger partial charge >= 0.3 is 6.18 Å². The summed E-state index contributed by atoms with van der Waals surface area (Å²) < 4.78 is 51.5. The molecule has 0 bridgehead atoms. The van der Waals surface area contributed by atoms with E-state index < -0.39 is 17.3 Å². The van der Waals surface area contributed by atoms with E-state index in [1.165, 1.54) is 12.1 Å². The van der Waals surface area contributed by atoms with E-state index in [-0.39, 0.29) is 18.1 Å². The number of carbonyl (C=O) groups is 1. The molecular formula is C29H25F3N2O3. The highest BCUT2D eigenvalue weighted by molar-refractivity contribution is 5.99. The average molecular weight is 507 g/mol. The zero-order chi connectivity index (χ0) is 26.0. The summed E-state index contributed by atoms with van der Waals surface area (Å²) in [5.74, 6) is 1.46. The first kappa shape index (κ1) is 24.6. The number of imidazole rings is 1. The molecule has 190 valence electrons. The molecule has 1 aliphatic rings. The Morgan fingerprint density at radius 3 is 2.38 bits per heavy atom. The lowest BCUT2D eigenvalue weighted by atomic mass is 9.86. The van der Waals surface area contributed by atoms with Gasteiger partial charge < -0.3 is 14.5 Å². The van der Waals surface area contributed by atoms with Gasteiger partial charge in [-0.2, -0.15) is 13.2 Å². The monoisotopic (exact) mass is 506 g/mol. The molecule has 0 aliphatic heterocycles. The standard InChI is InChI=1S/C29H25F3N2O3/c1-28(27-33-16-17-34-27,19-6-3-2-4-7-19)37-26-15-14-23-22(8-5-9-25(23)35)24(26)18-36-21-12-10-20(11-13-21)29(30,31)32/h2-4,6-7,10-17H,5,8-9,18H2,1H3,(H,33,34)/t28-/m0/s1. The Kier molecular flexibility index (Phi) is 6.50. The quantitative estimate of drug-likeness (QED) is 0.297. The van der Waals surface area contributed by atoms with Crippen LogP contribution in [0.4, 0.5) is 13.2 Å². The molecule has 1 aliphatic carbocycles. The van der Waals surface area contributed by atoms with Crippen molar-refractivity contribution in [1.29, 1.82) is 0 Å². The van der Waals surface area contributed by atoms with Crippen molar-refractivity contribution in [3.63, 3.8) is 0 Å². The molecule has 1 N–H and O–H groups in total. The van der Waals surface area contributed by atoms with Crippen LogP contribution in [0.2, 0.25) is 0 Å². The highest BCUT2D eigenvalue weighted by Crippen LogP contribution is 2.39. The van der Waals surface area contributed by atoms with E-state index in [1.807, 2.05) is 37.3 Å². The maximum atomic E-state index is 13.0. The van der Waals surface area contributed by atoms with Crippen LogP contribution in [0.25, 0.3) is 0 Å². The second kappa shape index (κ2) is 9.76. The Hall–Kier alpha value is -4.07. The maximum Gasteiger partial charge on any atom is 0.416 e. The van der Waals surface area contributed by atoms with E-state index >= 15 is 0 Å². The Balaban J connectivity index is 1.53. The van der Waals surface area contributed by atoms with Gasteiger partial charge in [-0.05, 0) is 61.7 Å². The summed E-state index contributed by atoms with van der Waals surface area (Å²) >= 11 is 0. The fourth-order valence-electron chi connectivity index (χ4n) is 4.67. The van der Waals surface area contributed by atoms with Crippen molar-refractivity contribution >= 4 is 5.78 Å². The lowest BCUT2D eigenvalue weighted by Gasteiger charge is -2.32. The SMILES string of the molecule is C[C@](Oc1ccc2c(c1COc1ccc(C(F)(F)F)cc1)CCCC2=O)(c1ccccc1)c1ncc[nH]1. The van der Waals surface area contributed by atoms with Gasteiger partial charge in [0.15, 0.2) is 17.2 Å². The molecule has 8 heteroatoms. The van der Waals surface area contributed by atoms with Crippen LogP contribution in [0.1, 0.15) is 58.2 Å². The van der Waals surface area contributed by atoms with Gasteiger partial charge in [0.25, 0.3) is 0 Å². The van der Waals surface area contributed by atoms with Gasteiger partial charge in [0.1, 0.15) is 18.1 Å². The van der Waals surface area contributed by atoms with Crippen LogP contribution in [-0.2, 0) is 24.8 Å². The van der Waals surface area contributed by atoms with Gasteiger partial charge in [0, 0.05) is 35.5 Å². The predicted molar refractivity (Wildman–Crippen MR) is 132 cm³/mol. The van der Waals surface area contributed by atoms with E-state index in [4.69, 9.17) is 9.47 Å². The number of ether oxygens (including phenoxy) is 2. The largest absolute Gasteiger partial charge is 0.489 e. The molecule has 0 unspecified atom stereocenters. The first-order valence-electron chi connectivity index (χ1n) is 12.0. The number of Topliss-reactive ketones (excluding diaryl/α,β-unsaturated/α-hetero) is 1. The number of hydrogen-bond acceptors (Lipinski definition) is 4. The second-order valence-corrected chi connectivity index (χ2v) is 9.10. The third-order valence-electron chi connectivity index (χ3n) is 6.67. The summed E-state index contributed by atoms with van der Waals surface area (Å²) in [6, 6.07) is 17.7. The number of aromatic amines is 1. The number of carbonyl (C=O) groups excluding carboxylic acids is 1. The number of rotatable bonds is 7. The van der Waals surface area contributed by atoms with Crippen molar-refractivity contribution in [2.24, 2.45) is 0 Å². The molecule has 1 aromatic heterocycles. The summed E-state index contributed by atoms with van der Waals surface area (Å²) in [6.45, 7) is 1.94. The molecule has 0 spiro atoms. The third-order valence-corrected chi connectivity index (χ3v) is 6.67. The smallest absolute Gasteiger partial charge is 0.416 e. The minimum Gasteiger partial charge on any atom is -0.489 e. The Labute approximate surface area is 212 Å². The van der Waals surface area contributed by atoms with Crippen molar-refractivity contribution in [3.05, 3.63) is 113 Å². The van der Waals surface area contributed by atoms with Crippen molar-refractivity contribution in [2.75, 3.05) is 0 Å². The topological polar surface area (TPSA) is 64.2 Å². The van der Waals surface area contributed by atoms with Crippen LogP contribution in [0, 0.1) is 0 Å². The number of benzene rings is 3. The van der Waals surface area contributed by atoms with Gasteiger partial charge in [-0.25, -0.2) is 4.98 Å². The predicted octanol–water partition coefficient (Wildman–Crippen LogP) is 6.87. The first-order chi connectivity index (χ1) is 17.8. The van der Waals surface area contributed by atoms with Crippen LogP contribution in [0.5, 0.6) is 11.5 Å². The average Bonchev–Trinajstić information content (AvgIpc) is 3.44. The summed E-state index contributed by atoms with van der Waals surface area (Å²) in [5, 5.41) is 0. The molecule has 1 heterocycles. The van der Waals surface area contributed by atoms with Crippen molar-refractivity contribution < 1.29 is 27.4 Å². The minimum atomic E-state index is -4.42. The second-order valence-electron chi connectivity index (χ2n) is 9.10. The van der Waals surface area contributed by atoms with Gasteiger partial charge in [0.05, 0.1) is 5.56 Å². The van der Waals surface area contributed by atoms with Gasteiger partial charge in [0.2, 0.25) is 0 Å². The zero-order valence-electron chi connectivity index (χ0n) is 20.1. The van der Waals surface area contributed by atoms with Crippen LogP contribution >= 0.6 is 0 Å². The van der Waals surface area contributed by atoms with E-state index in [9.17, 15) is 18.0 Å². The van der Waals surface area contributed by atoms with Crippen LogP contribution < -0.4 is 9.47 Å². The number of alkyl halides is 3. The molecule has 0 saturated heterocycles. The van der Waals surface area contributed by atoms with Crippen molar-refractivity contribution in [2.45, 2.75) is 44.6 Å². The van der Waals surface area contributed by atoms with Crippen LogP contribution in [-0.4, -0.2) is 15.8 Å². The Morgan fingerprint density at radius 2 is 1.70 bits per heavy atom. The zero-order valence-corrected chi connectivity index (χ0v) is 20.1. The van der Waals surface area contributed by atoms with E-state index in [1.54, 1.807) is 24.5 Å². The van der Waals surface area contributed by atoms with Gasteiger partial charge in [-0.3, -0.25) is 4.79 Å². The first-order valence-corrected chi connectivity index (χ1v) is 12.0. The Bertz CT molecular complexity index is 1380. The number of aromatic nitrogens is 2. The van der Waals surface area contributed by atoms with E-state index in [0.29, 0.717) is 42.0 Å². The molecule has 0 fully saturated rings. The van der Waals surface area contributed by atoms with Crippen molar-refractivity contribution in [1.82, 2.24) is 9.97 Å². The molecular weight excluding hydrogens is 481 g/mol. The number of ketones is 1. The summed E-state index contributed by atoms with van der Waals surface area (Å²) in [7, 11) is 0. The van der Waals surface area contributed by atoms with Gasteiger partial charge in [-0.1, -0.05) is 30.3 Å². The van der Waals surface area contributed by atoms with Crippen LogP contribution in [0.3, 0.4) is 0 Å². The molecule has 5 nitrogen and oxygen atoms in total. The fourth-order valence-corrected chi connectivity index (χ4v) is 4.67. The number of H-pyrrole nitrogens is 1. The Morgan fingerprint density at radius 1 is 0.946 bits per heavy atom. The molecule has 0 amide bonds. The highest BCUT2D eigenvalue weighted by atomic mass is 19.4. The number of halogens is 3. The molecule has 5 rings (SSSR count). The number of fused-ring (bicyclic) bond motifs is 1. The molecule has 0 saturated carbocycles. The normalized spacial score (nSPS) is 15.1. The van der Waals surface area contributed by atoms with E-state index in [2.05, 4.69) is 9.97 Å². The summed E-state index contributed by atoms with van der Waals surface area (Å²) in [4.78, 5) is 20.2. The molecule has 37 heavy (non-hydrogen) atoms. The molecule has 1 atom stereocenters. The molecule has 0 radical (unpaired) electrons. The number of hydrogen-bond donors (Lipinski definition) is 1. The molecule has 4 aromatic rings. The summed E-state index contributed by atoms with van der Waals surface area (Å²) in [6.07, 6.45) is 0.802. The third kappa shape index (κ3) is 4.96. The molecule has 3 aromatic carbocycles. The number of nitrogens with zero attached hydrogens (tertiary/aromatic N) is 1. The lowest BCUT2D eigenvalue weighted by molar-refractivity contribution is -0.137. The maximum absolute atomic E-state index is 13.0. The fraction of sp³-hybridized carbons (Fsp3) is 0.241. The number of nitrogens with one attached hydrogen (secondary N) is 1. The summed E-state index contributed by atoms with van der Waals surface area (Å²) in [5.41, 5.74) is 1.30. The van der Waals surface area contributed by atoms with Gasteiger partial charge in [-0.15, -0.1) is 0 Å². The van der Waals surface area contributed by atoms with Crippen molar-refractivity contribution in [3.8, 4) is 11.5 Å². The van der Waals surface area contributed by atoms with Crippen LogP contribution in [0.15, 0.2) is 79.1 Å². The minimum absolute atomic E-state index is 0.0280.